The van der Waals surface area contributed by atoms with E-state index in [1.54, 1.807) is 12.2 Å². The Kier molecular flexibility index (Phi) is 35.4. The van der Waals surface area contributed by atoms with Crippen molar-refractivity contribution in [3.8, 4) is 0 Å². The van der Waals surface area contributed by atoms with Crippen LogP contribution in [-0.4, -0.2) is 9.97 Å². The van der Waals surface area contributed by atoms with Crippen molar-refractivity contribution < 1.29 is 39.0 Å². The van der Waals surface area contributed by atoms with Gasteiger partial charge in [0.05, 0.1) is 0 Å². The van der Waals surface area contributed by atoms with Gasteiger partial charge < -0.3 is 9.97 Å². The first-order valence-corrected chi connectivity index (χ1v) is 11.1. The SMILES string of the molecule is CCCc1[c-][nH]cc1CCC.CCc1[c-][nH]cc1CC.[CH-]=CC=CC.[CH-]=CC=CC.[Ru+2].[Ru+2]. The second-order valence-corrected chi connectivity index (χ2v) is 6.48. The Hall–Kier alpha value is -1.23. The number of allylic oxidation sites excluding steroid dienone is 6. The molecule has 0 saturated heterocycles. The quantitative estimate of drug-likeness (QED) is 0.174. The molecule has 2 heterocycles. The average Bonchev–Trinajstić information content (AvgIpc) is 3.40. The van der Waals surface area contributed by atoms with Crippen molar-refractivity contribution in [3.05, 3.63) is 96.7 Å². The zero-order valence-corrected chi connectivity index (χ0v) is 24.2. The van der Waals surface area contributed by atoms with Crippen molar-refractivity contribution in [2.75, 3.05) is 0 Å². The van der Waals surface area contributed by atoms with Crippen molar-refractivity contribution in [3.63, 3.8) is 0 Å². The zero-order valence-electron chi connectivity index (χ0n) is 20.7. The third kappa shape index (κ3) is 20.7. The molecule has 4 heteroatoms. The van der Waals surface area contributed by atoms with Gasteiger partial charge in [-0.1, -0.05) is 80.1 Å². The number of hydrogen-bond acceptors (Lipinski definition) is 0. The van der Waals surface area contributed by atoms with Gasteiger partial charge in [-0.2, -0.15) is 34.4 Å². The maximum absolute atomic E-state index is 4.93. The van der Waals surface area contributed by atoms with E-state index in [4.69, 9.17) is 13.2 Å². The summed E-state index contributed by atoms with van der Waals surface area (Å²) < 4.78 is 0. The van der Waals surface area contributed by atoms with Crippen molar-refractivity contribution in [1.82, 2.24) is 9.97 Å². The molecule has 0 aliphatic heterocycles. The van der Waals surface area contributed by atoms with Gasteiger partial charge in [-0.25, -0.2) is 24.3 Å². The molecular weight excluding hydrogens is 566 g/mol. The van der Waals surface area contributed by atoms with Crippen LogP contribution in [0, 0.1) is 25.6 Å². The molecule has 0 radical (unpaired) electrons. The summed E-state index contributed by atoms with van der Waals surface area (Å²) in [5.74, 6) is 0. The number of aromatic nitrogens is 2. The Morgan fingerprint density at radius 3 is 1.50 bits per heavy atom. The van der Waals surface area contributed by atoms with Crippen LogP contribution in [0.15, 0.2) is 48.8 Å². The number of aryl methyl sites for hydroxylation is 4. The molecular formula is C28H42N2Ru2. The van der Waals surface area contributed by atoms with E-state index < -0.39 is 0 Å². The van der Waals surface area contributed by atoms with Crippen LogP contribution >= 0.6 is 0 Å². The minimum Gasteiger partial charge on any atom is -0.484 e. The summed E-state index contributed by atoms with van der Waals surface area (Å²) in [4.78, 5) is 6.02. The van der Waals surface area contributed by atoms with Gasteiger partial charge in [0.25, 0.3) is 0 Å². The van der Waals surface area contributed by atoms with E-state index in [9.17, 15) is 0 Å². The molecule has 0 saturated carbocycles. The van der Waals surface area contributed by atoms with Gasteiger partial charge in [0.2, 0.25) is 0 Å². The Bertz CT molecular complexity index is 639. The van der Waals surface area contributed by atoms with Crippen molar-refractivity contribution >= 4 is 0 Å². The first-order chi connectivity index (χ1) is 14.6. The fourth-order valence-electron chi connectivity index (χ4n) is 2.57. The van der Waals surface area contributed by atoms with Gasteiger partial charge in [0, 0.05) is 0 Å². The van der Waals surface area contributed by atoms with E-state index in [1.807, 2.05) is 32.2 Å². The van der Waals surface area contributed by atoms with E-state index in [1.165, 1.54) is 60.1 Å². The van der Waals surface area contributed by atoms with Crippen LogP contribution in [0.1, 0.15) is 76.6 Å². The van der Waals surface area contributed by atoms with Crippen LogP contribution < -0.4 is 0 Å². The van der Waals surface area contributed by atoms with Crippen LogP contribution in [0.3, 0.4) is 0 Å². The molecule has 2 nitrogen and oxygen atoms in total. The van der Waals surface area contributed by atoms with Crippen LogP contribution in [0.5, 0.6) is 0 Å². The van der Waals surface area contributed by atoms with Crippen molar-refractivity contribution in [2.45, 2.75) is 80.1 Å². The number of H-pyrrole nitrogens is 2. The first kappa shape index (κ1) is 38.0. The maximum atomic E-state index is 4.93. The van der Waals surface area contributed by atoms with E-state index in [-0.39, 0.29) is 39.0 Å². The first-order valence-electron chi connectivity index (χ1n) is 11.1. The Morgan fingerprint density at radius 1 is 0.719 bits per heavy atom. The predicted octanol–water partition coefficient (Wildman–Crippen LogP) is 7.76. The maximum Gasteiger partial charge on any atom is 2.00 e. The minimum atomic E-state index is 0. The second-order valence-electron chi connectivity index (χ2n) is 6.48. The summed E-state index contributed by atoms with van der Waals surface area (Å²) in [6.45, 7) is 22.4. The number of hydrogen-bond donors (Lipinski definition) is 2. The Morgan fingerprint density at radius 2 is 1.19 bits per heavy atom. The van der Waals surface area contributed by atoms with E-state index in [0.717, 1.165) is 12.8 Å². The largest absolute Gasteiger partial charge is 2.00 e. The smallest absolute Gasteiger partial charge is 0.484 e. The number of rotatable bonds is 8. The molecule has 180 valence electrons. The minimum absolute atomic E-state index is 0. The molecule has 0 unspecified atom stereocenters. The van der Waals surface area contributed by atoms with E-state index in [0.29, 0.717) is 0 Å². The Labute approximate surface area is 224 Å². The molecule has 2 aromatic heterocycles. The molecule has 32 heavy (non-hydrogen) atoms. The third-order valence-electron chi connectivity index (χ3n) is 4.08. The van der Waals surface area contributed by atoms with Crippen molar-refractivity contribution in [2.24, 2.45) is 0 Å². The summed E-state index contributed by atoms with van der Waals surface area (Å²) >= 11 is 0. The monoisotopic (exact) mass is 610 g/mol. The molecule has 2 rings (SSSR count). The number of nitrogens with one attached hydrogen (secondary N) is 2. The predicted molar refractivity (Wildman–Crippen MR) is 133 cm³/mol. The molecule has 0 atom stereocenters. The molecule has 0 aromatic carbocycles. The van der Waals surface area contributed by atoms with Crippen molar-refractivity contribution in [1.29, 1.82) is 0 Å². The van der Waals surface area contributed by atoms with E-state index in [2.05, 4.69) is 56.3 Å². The molecule has 0 bridgehead atoms. The average molecular weight is 609 g/mol. The standard InChI is InChI=1S/C10H16N.C8H12N.2C5H7.2Ru/c1-3-5-9-7-11-8-10(9)6-4-2;1-3-7-5-9-6-8(7)4-2;2*1-3-5-4-2;;/h7,11H,3-6H2,1-2H3;5,9H,3-4H2,1-2H3;2*1,3-5H,2H3;;/q4*-1;2*+2. The van der Waals surface area contributed by atoms with Crippen LogP contribution in [0.2, 0.25) is 0 Å². The van der Waals surface area contributed by atoms with Crippen LogP contribution in [0.4, 0.5) is 0 Å². The van der Waals surface area contributed by atoms with Gasteiger partial charge in [-0.15, -0.1) is 24.8 Å². The summed E-state index contributed by atoms with van der Waals surface area (Å²) in [5.41, 5.74) is 5.57. The third-order valence-corrected chi connectivity index (χ3v) is 4.08. The van der Waals surface area contributed by atoms with Crippen LogP contribution in [-0.2, 0) is 64.6 Å². The molecule has 2 aromatic rings. The fourth-order valence-corrected chi connectivity index (χ4v) is 2.57. The van der Waals surface area contributed by atoms with Gasteiger partial charge in [0.15, 0.2) is 0 Å². The molecule has 0 aliphatic rings. The second kappa shape index (κ2) is 29.8. The summed E-state index contributed by atoms with van der Waals surface area (Å²) in [6, 6.07) is 0. The molecule has 0 amide bonds. The molecule has 0 fully saturated rings. The van der Waals surface area contributed by atoms with Gasteiger partial charge in [-0.05, 0) is 0 Å². The Balaban J connectivity index is -0.000000170. The van der Waals surface area contributed by atoms with E-state index >= 15 is 0 Å². The summed E-state index contributed by atoms with van der Waals surface area (Å²) in [5, 5.41) is 0. The summed E-state index contributed by atoms with van der Waals surface area (Å²) in [6.07, 6.45) is 27.7. The molecule has 0 aliphatic carbocycles. The van der Waals surface area contributed by atoms with Gasteiger partial charge in [0.1, 0.15) is 0 Å². The fraction of sp³-hybridized carbons (Fsp3) is 0.429. The van der Waals surface area contributed by atoms with Crippen LogP contribution in [0.25, 0.3) is 0 Å². The normalized spacial score (nSPS) is 9.19. The zero-order chi connectivity index (χ0) is 23.0. The summed E-state index contributed by atoms with van der Waals surface area (Å²) in [7, 11) is 0. The van der Waals surface area contributed by atoms with Gasteiger partial charge in [-0.3, -0.25) is 13.2 Å². The number of aromatic amines is 2. The molecule has 2 N–H and O–H groups in total. The topological polar surface area (TPSA) is 31.6 Å². The van der Waals surface area contributed by atoms with Gasteiger partial charge >= 0.3 is 39.0 Å². The molecule has 0 spiro atoms.